The molecule has 114 valence electrons. The maximum atomic E-state index is 2.58. The minimum atomic E-state index is 0.652. The summed E-state index contributed by atoms with van der Waals surface area (Å²) in [6.45, 7) is 16.2. The lowest BCUT2D eigenvalue weighted by Crippen LogP contribution is -2.35. The van der Waals surface area contributed by atoms with Crippen molar-refractivity contribution >= 4 is 0 Å². The highest BCUT2D eigenvalue weighted by molar-refractivity contribution is 5.18. The lowest BCUT2D eigenvalue weighted by Gasteiger charge is -2.26. The van der Waals surface area contributed by atoms with E-state index >= 15 is 0 Å². The number of nitrogens with zero attached hydrogens (tertiary/aromatic N) is 2. The standard InChI is InChI=1S/C18H32N2/c1-5-19(6-2)15-16-20(7-3)14-13-17(4)18-11-9-8-10-12-18/h8-12,17H,5-7,13-16H2,1-4H3. The molecule has 0 saturated heterocycles. The second-order valence-electron chi connectivity index (χ2n) is 5.56. The molecule has 0 aliphatic carbocycles. The van der Waals surface area contributed by atoms with Gasteiger partial charge in [0.25, 0.3) is 0 Å². The van der Waals surface area contributed by atoms with Crippen molar-refractivity contribution in [1.82, 2.24) is 9.80 Å². The van der Waals surface area contributed by atoms with E-state index in [-0.39, 0.29) is 0 Å². The van der Waals surface area contributed by atoms with Crippen LogP contribution in [0.25, 0.3) is 0 Å². The van der Waals surface area contributed by atoms with E-state index in [1.807, 2.05) is 0 Å². The van der Waals surface area contributed by atoms with Gasteiger partial charge >= 0.3 is 0 Å². The van der Waals surface area contributed by atoms with Crippen LogP contribution < -0.4 is 0 Å². The van der Waals surface area contributed by atoms with Crippen LogP contribution in [0.3, 0.4) is 0 Å². The Balaban J connectivity index is 2.33. The molecule has 0 aliphatic rings. The predicted molar refractivity (Wildman–Crippen MR) is 89.4 cm³/mol. The Morgan fingerprint density at radius 1 is 0.800 bits per heavy atom. The fraction of sp³-hybridized carbons (Fsp3) is 0.667. The molecule has 1 aromatic rings. The molecule has 0 fully saturated rings. The Morgan fingerprint density at radius 3 is 1.90 bits per heavy atom. The second kappa shape index (κ2) is 9.95. The van der Waals surface area contributed by atoms with Gasteiger partial charge in [-0.15, -0.1) is 0 Å². The molecule has 0 aromatic heterocycles. The summed E-state index contributed by atoms with van der Waals surface area (Å²) >= 11 is 0. The first-order valence-electron chi connectivity index (χ1n) is 8.20. The maximum Gasteiger partial charge on any atom is 0.0109 e. The molecule has 0 bridgehead atoms. The third kappa shape index (κ3) is 6.06. The minimum absolute atomic E-state index is 0.652. The Bertz CT molecular complexity index is 333. The lowest BCUT2D eigenvalue weighted by atomic mass is 9.98. The molecule has 1 atom stereocenters. The van der Waals surface area contributed by atoms with Gasteiger partial charge in [-0.05, 0) is 44.1 Å². The van der Waals surface area contributed by atoms with E-state index in [0.29, 0.717) is 5.92 Å². The average molecular weight is 276 g/mol. The van der Waals surface area contributed by atoms with Gasteiger partial charge in [0, 0.05) is 13.1 Å². The third-order valence-corrected chi connectivity index (χ3v) is 4.32. The van der Waals surface area contributed by atoms with Crippen molar-refractivity contribution in [1.29, 1.82) is 0 Å². The van der Waals surface area contributed by atoms with E-state index in [0.717, 1.165) is 19.6 Å². The monoisotopic (exact) mass is 276 g/mol. The van der Waals surface area contributed by atoms with Crippen molar-refractivity contribution in [2.24, 2.45) is 0 Å². The summed E-state index contributed by atoms with van der Waals surface area (Å²) in [5.74, 6) is 0.652. The number of hydrogen-bond acceptors (Lipinski definition) is 2. The van der Waals surface area contributed by atoms with Gasteiger partial charge in [-0.3, -0.25) is 0 Å². The van der Waals surface area contributed by atoms with Crippen LogP contribution in [0.1, 0.15) is 45.6 Å². The fourth-order valence-electron chi connectivity index (χ4n) is 2.58. The predicted octanol–water partition coefficient (Wildman–Crippen LogP) is 3.84. The molecule has 0 amide bonds. The molecule has 0 saturated carbocycles. The van der Waals surface area contributed by atoms with Crippen LogP contribution in [0.2, 0.25) is 0 Å². The fourth-order valence-corrected chi connectivity index (χ4v) is 2.58. The molecule has 0 aliphatic heterocycles. The first-order valence-corrected chi connectivity index (χ1v) is 8.20. The quantitative estimate of drug-likeness (QED) is 0.640. The van der Waals surface area contributed by atoms with Gasteiger partial charge in [0.1, 0.15) is 0 Å². The van der Waals surface area contributed by atoms with E-state index in [4.69, 9.17) is 0 Å². The van der Waals surface area contributed by atoms with Crippen molar-refractivity contribution in [3.8, 4) is 0 Å². The van der Waals surface area contributed by atoms with E-state index in [9.17, 15) is 0 Å². The van der Waals surface area contributed by atoms with Crippen molar-refractivity contribution < 1.29 is 0 Å². The smallest absolute Gasteiger partial charge is 0.0109 e. The molecule has 0 spiro atoms. The SMILES string of the molecule is CCN(CC)CCN(CC)CCC(C)c1ccccc1. The zero-order valence-electron chi connectivity index (χ0n) is 13.8. The molecule has 20 heavy (non-hydrogen) atoms. The molecule has 1 rings (SSSR count). The van der Waals surface area contributed by atoms with E-state index in [2.05, 4.69) is 67.8 Å². The molecule has 0 heterocycles. The summed E-state index contributed by atoms with van der Waals surface area (Å²) in [6, 6.07) is 10.9. The van der Waals surface area contributed by atoms with Crippen molar-refractivity contribution in [3.05, 3.63) is 35.9 Å². The lowest BCUT2D eigenvalue weighted by molar-refractivity contribution is 0.216. The van der Waals surface area contributed by atoms with Crippen LogP contribution in [0.5, 0.6) is 0 Å². The van der Waals surface area contributed by atoms with Crippen LogP contribution >= 0.6 is 0 Å². The van der Waals surface area contributed by atoms with Gasteiger partial charge in [0.15, 0.2) is 0 Å². The Labute approximate surface area is 125 Å². The Hall–Kier alpha value is -0.860. The van der Waals surface area contributed by atoms with Crippen LogP contribution in [0.4, 0.5) is 0 Å². The van der Waals surface area contributed by atoms with Gasteiger partial charge in [0.05, 0.1) is 0 Å². The first-order chi connectivity index (χ1) is 9.71. The summed E-state index contributed by atoms with van der Waals surface area (Å²) in [4.78, 5) is 5.08. The largest absolute Gasteiger partial charge is 0.303 e. The topological polar surface area (TPSA) is 6.48 Å². The molecular weight excluding hydrogens is 244 g/mol. The molecule has 1 aromatic carbocycles. The molecule has 1 unspecified atom stereocenters. The van der Waals surface area contributed by atoms with Gasteiger partial charge < -0.3 is 9.80 Å². The summed E-state index contributed by atoms with van der Waals surface area (Å²) in [5.41, 5.74) is 1.47. The molecule has 0 N–H and O–H groups in total. The molecule has 0 radical (unpaired) electrons. The summed E-state index contributed by atoms with van der Waals surface area (Å²) in [5, 5.41) is 0. The van der Waals surface area contributed by atoms with Crippen molar-refractivity contribution in [2.75, 3.05) is 39.3 Å². The maximum absolute atomic E-state index is 2.58. The zero-order valence-corrected chi connectivity index (χ0v) is 13.8. The van der Waals surface area contributed by atoms with Gasteiger partial charge in [-0.25, -0.2) is 0 Å². The highest BCUT2D eigenvalue weighted by atomic mass is 15.2. The van der Waals surface area contributed by atoms with Crippen molar-refractivity contribution in [2.45, 2.75) is 40.0 Å². The average Bonchev–Trinajstić information content (AvgIpc) is 2.51. The van der Waals surface area contributed by atoms with Crippen LogP contribution in [-0.4, -0.2) is 49.1 Å². The Kier molecular flexibility index (Phi) is 8.56. The number of hydrogen-bond donors (Lipinski definition) is 0. The Morgan fingerprint density at radius 2 is 1.35 bits per heavy atom. The number of rotatable bonds is 10. The summed E-state index contributed by atoms with van der Waals surface area (Å²) < 4.78 is 0. The highest BCUT2D eigenvalue weighted by Gasteiger charge is 2.09. The summed E-state index contributed by atoms with van der Waals surface area (Å²) in [6.07, 6.45) is 1.25. The second-order valence-corrected chi connectivity index (χ2v) is 5.56. The zero-order chi connectivity index (χ0) is 14.8. The molecular formula is C18H32N2. The van der Waals surface area contributed by atoms with Gasteiger partial charge in [-0.2, -0.15) is 0 Å². The number of likely N-dealkylation sites (N-methyl/N-ethyl adjacent to an activating group) is 2. The first kappa shape index (κ1) is 17.2. The molecule has 2 nitrogen and oxygen atoms in total. The number of benzene rings is 1. The normalized spacial score (nSPS) is 13.1. The highest BCUT2D eigenvalue weighted by Crippen LogP contribution is 2.18. The van der Waals surface area contributed by atoms with Crippen molar-refractivity contribution in [3.63, 3.8) is 0 Å². The summed E-state index contributed by atoms with van der Waals surface area (Å²) in [7, 11) is 0. The van der Waals surface area contributed by atoms with Crippen LogP contribution in [-0.2, 0) is 0 Å². The van der Waals surface area contributed by atoms with Gasteiger partial charge in [0.2, 0.25) is 0 Å². The molecule has 2 heteroatoms. The van der Waals surface area contributed by atoms with Crippen LogP contribution in [0.15, 0.2) is 30.3 Å². The van der Waals surface area contributed by atoms with E-state index in [1.54, 1.807) is 0 Å². The van der Waals surface area contributed by atoms with Gasteiger partial charge in [-0.1, -0.05) is 58.0 Å². The van der Waals surface area contributed by atoms with Crippen LogP contribution in [0, 0.1) is 0 Å². The van der Waals surface area contributed by atoms with E-state index in [1.165, 1.54) is 31.6 Å². The van der Waals surface area contributed by atoms with E-state index < -0.39 is 0 Å². The third-order valence-electron chi connectivity index (χ3n) is 4.32. The minimum Gasteiger partial charge on any atom is -0.303 e.